The zero-order valence-corrected chi connectivity index (χ0v) is 10.9. The van der Waals surface area contributed by atoms with Gasteiger partial charge in [-0.05, 0) is 56.6 Å². The van der Waals surface area contributed by atoms with Crippen LogP contribution in [-0.4, -0.2) is 23.9 Å². The van der Waals surface area contributed by atoms with Crippen LogP contribution in [0, 0.1) is 11.8 Å². The second-order valence-corrected chi connectivity index (χ2v) is 5.72. The van der Waals surface area contributed by atoms with Gasteiger partial charge in [0.25, 0.3) is 0 Å². The summed E-state index contributed by atoms with van der Waals surface area (Å²) < 4.78 is 0. The Bertz CT molecular complexity index is 436. The van der Waals surface area contributed by atoms with Crippen LogP contribution in [0.4, 0.5) is 5.82 Å². The van der Waals surface area contributed by atoms with Gasteiger partial charge in [0.05, 0.1) is 5.56 Å². The van der Waals surface area contributed by atoms with Gasteiger partial charge in [0.2, 0.25) is 0 Å². The number of Topliss-reactive ketones (excluding diaryl/α,β-unsaturated/α-hetero) is 1. The fourth-order valence-corrected chi connectivity index (χ4v) is 2.40. The maximum absolute atomic E-state index is 11.7. The molecular weight excluding hydrogens is 224 g/mol. The molecule has 96 valence electrons. The molecule has 0 saturated heterocycles. The Morgan fingerprint density at radius 3 is 2.39 bits per heavy atom. The van der Waals surface area contributed by atoms with Crippen LogP contribution in [-0.2, 0) is 0 Å². The van der Waals surface area contributed by atoms with Gasteiger partial charge in [-0.15, -0.1) is 0 Å². The van der Waals surface area contributed by atoms with Crippen LogP contribution >= 0.6 is 0 Å². The van der Waals surface area contributed by atoms with Crippen molar-refractivity contribution in [3.05, 3.63) is 23.9 Å². The first-order valence-electron chi connectivity index (χ1n) is 6.95. The lowest BCUT2D eigenvalue weighted by Crippen LogP contribution is -2.30. The predicted molar refractivity (Wildman–Crippen MR) is 71.9 cm³/mol. The monoisotopic (exact) mass is 244 g/mol. The van der Waals surface area contributed by atoms with Gasteiger partial charge < -0.3 is 4.90 Å². The van der Waals surface area contributed by atoms with Crippen molar-refractivity contribution in [3.8, 4) is 0 Å². The highest BCUT2D eigenvalue weighted by Crippen LogP contribution is 2.36. The van der Waals surface area contributed by atoms with Gasteiger partial charge >= 0.3 is 0 Å². The number of nitrogens with zero attached hydrogens (tertiary/aromatic N) is 2. The Morgan fingerprint density at radius 2 is 1.89 bits per heavy atom. The number of aromatic nitrogens is 1. The molecule has 1 aromatic heterocycles. The second-order valence-electron chi connectivity index (χ2n) is 5.72. The van der Waals surface area contributed by atoms with E-state index < -0.39 is 0 Å². The Morgan fingerprint density at radius 1 is 1.28 bits per heavy atom. The molecule has 0 radical (unpaired) electrons. The summed E-state index contributed by atoms with van der Waals surface area (Å²) in [5, 5.41) is 0. The van der Waals surface area contributed by atoms with E-state index >= 15 is 0 Å². The molecule has 1 heterocycles. The fraction of sp³-hybridized carbons (Fsp3) is 0.600. The number of anilines is 1. The summed E-state index contributed by atoms with van der Waals surface area (Å²) in [4.78, 5) is 18.5. The summed E-state index contributed by atoms with van der Waals surface area (Å²) in [6.45, 7) is 3.79. The molecule has 18 heavy (non-hydrogen) atoms. The molecular formula is C15H20N2O. The predicted octanol–water partition coefficient (Wildman–Crippen LogP) is 2.91. The van der Waals surface area contributed by atoms with Crippen molar-refractivity contribution >= 4 is 11.6 Å². The van der Waals surface area contributed by atoms with Crippen molar-refractivity contribution in [1.82, 2.24) is 4.98 Å². The number of hydrogen-bond acceptors (Lipinski definition) is 3. The molecule has 0 unspecified atom stereocenters. The molecule has 0 spiro atoms. The van der Waals surface area contributed by atoms with Crippen LogP contribution in [0.5, 0.6) is 0 Å². The molecule has 2 aliphatic carbocycles. The first-order chi connectivity index (χ1) is 8.74. The third-order valence-electron chi connectivity index (χ3n) is 3.82. The van der Waals surface area contributed by atoms with Gasteiger partial charge in [0.15, 0.2) is 5.78 Å². The molecule has 0 bridgehead atoms. The third-order valence-corrected chi connectivity index (χ3v) is 3.82. The van der Waals surface area contributed by atoms with Crippen molar-refractivity contribution < 1.29 is 4.79 Å². The van der Waals surface area contributed by atoms with Crippen molar-refractivity contribution in [2.75, 3.05) is 18.0 Å². The van der Waals surface area contributed by atoms with Gasteiger partial charge in [-0.1, -0.05) is 0 Å². The van der Waals surface area contributed by atoms with Gasteiger partial charge in [-0.25, -0.2) is 4.98 Å². The van der Waals surface area contributed by atoms with Crippen LogP contribution in [0.25, 0.3) is 0 Å². The van der Waals surface area contributed by atoms with Crippen molar-refractivity contribution in [2.24, 2.45) is 11.8 Å². The van der Waals surface area contributed by atoms with E-state index in [4.69, 9.17) is 0 Å². The average molecular weight is 244 g/mol. The van der Waals surface area contributed by atoms with E-state index in [-0.39, 0.29) is 5.78 Å². The second kappa shape index (κ2) is 4.71. The summed E-state index contributed by atoms with van der Waals surface area (Å²) in [5.74, 6) is 2.68. The topological polar surface area (TPSA) is 33.2 Å². The Balaban J connectivity index is 1.84. The lowest BCUT2D eigenvalue weighted by Gasteiger charge is -2.25. The molecule has 3 nitrogen and oxygen atoms in total. The minimum Gasteiger partial charge on any atom is -0.355 e. The van der Waals surface area contributed by atoms with Gasteiger partial charge in [-0.3, -0.25) is 4.79 Å². The van der Waals surface area contributed by atoms with Crippen LogP contribution < -0.4 is 4.90 Å². The average Bonchev–Trinajstić information content (AvgIpc) is 3.23. The molecule has 2 fully saturated rings. The largest absolute Gasteiger partial charge is 0.355 e. The van der Waals surface area contributed by atoms with Crippen molar-refractivity contribution in [2.45, 2.75) is 32.6 Å². The smallest absolute Gasteiger partial charge is 0.163 e. The molecule has 0 aromatic carbocycles. The summed E-state index contributed by atoms with van der Waals surface area (Å²) in [7, 11) is 0. The molecule has 3 heteroatoms. The van der Waals surface area contributed by atoms with Crippen LogP contribution in [0.2, 0.25) is 0 Å². The SMILES string of the molecule is CC(=O)c1cccnc1N(CC1CC1)CC1CC1. The Labute approximate surface area is 108 Å². The van der Waals surface area contributed by atoms with Crippen molar-refractivity contribution in [1.29, 1.82) is 0 Å². The first kappa shape index (κ1) is 11.7. The highest BCUT2D eigenvalue weighted by atomic mass is 16.1. The van der Waals surface area contributed by atoms with E-state index in [9.17, 15) is 4.79 Å². The number of rotatable bonds is 6. The summed E-state index contributed by atoms with van der Waals surface area (Å²) >= 11 is 0. The number of pyridine rings is 1. The fourth-order valence-electron chi connectivity index (χ4n) is 2.40. The molecule has 0 amide bonds. The van der Waals surface area contributed by atoms with E-state index in [1.807, 2.05) is 12.1 Å². The summed E-state index contributed by atoms with van der Waals surface area (Å²) in [6.07, 6.45) is 7.15. The molecule has 2 aliphatic rings. The van der Waals surface area contributed by atoms with Gasteiger partial charge in [0.1, 0.15) is 5.82 Å². The number of carbonyl (C=O) groups excluding carboxylic acids is 1. The molecule has 0 atom stereocenters. The Kier molecular flexibility index (Phi) is 3.06. The molecule has 3 rings (SSSR count). The lowest BCUT2D eigenvalue weighted by molar-refractivity contribution is 0.101. The summed E-state index contributed by atoms with van der Waals surface area (Å²) in [5.41, 5.74) is 0.777. The normalized spacial score (nSPS) is 18.7. The quantitative estimate of drug-likeness (QED) is 0.721. The first-order valence-corrected chi connectivity index (χ1v) is 6.95. The van der Waals surface area contributed by atoms with E-state index in [0.717, 1.165) is 36.3 Å². The van der Waals surface area contributed by atoms with Crippen LogP contribution in [0.15, 0.2) is 18.3 Å². The van der Waals surface area contributed by atoms with E-state index in [1.54, 1.807) is 13.1 Å². The molecule has 1 aromatic rings. The van der Waals surface area contributed by atoms with E-state index in [0.29, 0.717) is 0 Å². The molecule has 0 aliphatic heterocycles. The Hall–Kier alpha value is -1.38. The lowest BCUT2D eigenvalue weighted by atomic mass is 10.1. The molecule has 0 N–H and O–H groups in total. The van der Waals surface area contributed by atoms with Crippen LogP contribution in [0.1, 0.15) is 43.0 Å². The number of hydrogen-bond donors (Lipinski definition) is 0. The van der Waals surface area contributed by atoms with Crippen molar-refractivity contribution in [3.63, 3.8) is 0 Å². The zero-order valence-electron chi connectivity index (χ0n) is 10.9. The van der Waals surface area contributed by atoms with E-state index in [1.165, 1.54) is 25.7 Å². The highest BCUT2D eigenvalue weighted by molar-refractivity contribution is 5.98. The minimum atomic E-state index is 0.120. The molecule has 2 saturated carbocycles. The van der Waals surface area contributed by atoms with Gasteiger partial charge in [-0.2, -0.15) is 0 Å². The minimum absolute atomic E-state index is 0.120. The van der Waals surface area contributed by atoms with Crippen LogP contribution in [0.3, 0.4) is 0 Å². The maximum Gasteiger partial charge on any atom is 0.163 e. The third kappa shape index (κ3) is 2.71. The highest BCUT2D eigenvalue weighted by Gasteiger charge is 2.30. The van der Waals surface area contributed by atoms with Gasteiger partial charge in [0, 0.05) is 19.3 Å². The van der Waals surface area contributed by atoms with E-state index in [2.05, 4.69) is 9.88 Å². The number of ketones is 1. The summed E-state index contributed by atoms with van der Waals surface area (Å²) in [6, 6.07) is 3.75. The maximum atomic E-state index is 11.7. The number of carbonyl (C=O) groups is 1. The zero-order chi connectivity index (χ0) is 12.5. The standard InChI is InChI=1S/C15H20N2O/c1-11(18)14-3-2-8-16-15(14)17(9-12-4-5-12)10-13-6-7-13/h2-3,8,12-13H,4-7,9-10H2,1H3.